The SMILES string of the molecule is OC(CNc1cc(F)cc(F)c1F)C(F)(F)F. The maximum atomic E-state index is 13.0. The van der Waals surface area contributed by atoms with E-state index in [1.54, 1.807) is 5.32 Å². The van der Waals surface area contributed by atoms with Crippen LogP contribution in [0.2, 0.25) is 0 Å². The van der Waals surface area contributed by atoms with Gasteiger partial charge in [0.1, 0.15) is 5.82 Å². The first-order chi connectivity index (χ1) is 7.71. The number of benzene rings is 1. The molecule has 96 valence electrons. The quantitative estimate of drug-likeness (QED) is 0.645. The summed E-state index contributed by atoms with van der Waals surface area (Å²) < 4.78 is 73.9. The van der Waals surface area contributed by atoms with Gasteiger partial charge in [0, 0.05) is 18.7 Å². The molecule has 0 heterocycles. The Labute approximate surface area is 91.9 Å². The van der Waals surface area contributed by atoms with E-state index < -0.39 is 42.0 Å². The number of hydrogen-bond acceptors (Lipinski definition) is 2. The van der Waals surface area contributed by atoms with Crippen molar-refractivity contribution in [1.82, 2.24) is 0 Å². The summed E-state index contributed by atoms with van der Waals surface area (Å²) in [6.45, 7) is -1.11. The lowest BCUT2D eigenvalue weighted by Gasteiger charge is -2.16. The summed E-state index contributed by atoms with van der Waals surface area (Å²) in [6, 6.07) is 0.738. The van der Waals surface area contributed by atoms with Crippen LogP contribution in [0.1, 0.15) is 0 Å². The molecule has 0 aliphatic rings. The van der Waals surface area contributed by atoms with Gasteiger partial charge in [-0.15, -0.1) is 0 Å². The predicted molar refractivity (Wildman–Crippen MR) is 46.9 cm³/mol. The third-order valence-corrected chi connectivity index (χ3v) is 1.86. The summed E-state index contributed by atoms with van der Waals surface area (Å²) in [5, 5.41) is 10.4. The van der Waals surface area contributed by atoms with Crippen LogP contribution in [-0.2, 0) is 0 Å². The Morgan fingerprint density at radius 1 is 1.18 bits per heavy atom. The molecule has 0 aliphatic heterocycles. The van der Waals surface area contributed by atoms with Crippen molar-refractivity contribution in [3.8, 4) is 0 Å². The molecule has 0 aromatic heterocycles. The summed E-state index contributed by atoms with van der Waals surface area (Å²) in [7, 11) is 0. The molecule has 1 aromatic rings. The smallest absolute Gasteiger partial charge is 0.382 e. The number of aliphatic hydroxyl groups excluding tert-OH is 1. The Kier molecular flexibility index (Phi) is 3.87. The Hall–Kier alpha value is -1.44. The maximum Gasteiger partial charge on any atom is 0.416 e. The van der Waals surface area contributed by atoms with E-state index in [1.165, 1.54) is 0 Å². The molecule has 0 saturated heterocycles. The van der Waals surface area contributed by atoms with Crippen LogP contribution in [0.15, 0.2) is 12.1 Å². The zero-order chi connectivity index (χ0) is 13.2. The van der Waals surface area contributed by atoms with Crippen LogP contribution >= 0.6 is 0 Å². The van der Waals surface area contributed by atoms with Gasteiger partial charge in [-0.05, 0) is 0 Å². The molecule has 0 spiro atoms. The van der Waals surface area contributed by atoms with Gasteiger partial charge in [-0.3, -0.25) is 0 Å². The molecular weight excluding hydrogens is 252 g/mol. The van der Waals surface area contributed by atoms with Crippen molar-refractivity contribution in [1.29, 1.82) is 0 Å². The second-order valence-electron chi connectivity index (χ2n) is 3.19. The highest BCUT2D eigenvalue weighted by Gasteiger charge is 2.38. The Morgan fingerprint density at radius 2 is 1.76 bits per heavy atom. The van der Waals surface area contributed by atoms with Gasteiger partial charge >= 0.3 is 6.18 Å². The van der Waals surface area contributed by atoms with E-state index in [4.69, 9.17) is 5.11 Å². The monoisotopic (exact) mass is 259 g/mol. The average molecular weight is 259 g/mol. The summed E-state index contributed by atoms with van der Waals surface area (Å²) in [6.07, 6.45) is -7.65. The summed E-state index contributed by atoms with van der Waals surface area (Å²) >= 11 is 0. The molecule has 0 bridgehead atoms. The van der Waals surface area contributed by atoms with Crippen molar-refractivity contribution < 1.29 is 31.4 Å². The second kappa shape index (κ2) is 4.82. The summed E-state index contributed by atoms with van der Waals surface area (Å²) in [5.74, 6) is -4.19. The molecule has 0 saturated carbocycles. The van der Waals surface area contributed by atoms with Gasteiger partial charge < -0.3 is 10.4 Å². The zero-order valence-electron chi connectivity index (χ0n) is 8.15. The molecule has 1 atom stereocenters. The molecule has 0 amide bonds. The lowest BCUT2D eigenvalue weighted by atomic mass is 10.2. The fourth-order valence-corrected chi connectivity index (χ4v) is 1.01. The number of rotatable bonds is 3. The topological polar surface area (TPSA) is 32.3 Å². The first-order valence-corrected chi connectivity index (χ1v) is 4.35. The molecular formula is C9H7F6NO. The first-order valence-electron chi connectivity index (χ1n) is 4.35. The van der Waals surface area contributed by atoms with Crippen molar-refractivity contribution >= 4 is 5.69 Å². The third-order valence-electron chi connectivity index (χ3n) is 1.86. The van der Waals surface area contributed by atoms with Crippen molar-refractivity contribution in [3.63, 3.8) is 0 Å². The largest absolute Gasteiger partial charge is 0.416 e. The van der Waals surface area contributed by atoms with E-state index in [1.807, 2.05) is 0 Å². The van der Waals surface area contributed by atoms with Gasteiger partial charge in [-0.1, -0.05) is 0 Å². The minimum absolute atomic E-state index is 0.251. The average Bonchev–Trinajstić information content (AvgIpc) is 2.19. The molecule has 2 nitrogen and oxygen atoms in total. The number of hydrogen-bond donors (Lipinski definition) is 2. The van der Waals surface area contributed by atoms with Gasteiger partial charge in [0.05, 0.1) is 5.69 Å². The van der Waals surface area contributed by atoms with Crippen LogP contribution in [0, 0.1) is 17.5 Å². The van der Waals surface area contributed by atoms with Crippen LogP contribution < -0.4 is 5.32 Å². The van der Waals surface area contributed by atoms with Crippen LogP contribution in [0.3, 0.4) is 0 Å². The van der Waals surface area contributed by atoms with E-state index in [0.29, 0.717) is 6.07 Å². The molecule has 1 unspecified atom stereocenters. The van der Waals surface area contributed by atoms with E-state index in [2.05, 4.69) is 0 Å². The highest BCUT2D eigenvalue weighted by atomic mass is 19.4. The van der Waals surface area contributed by atoms with Gasteiger partial charge in [0.2, 0.25) is 0 Å². The Morgan fingerprint density at radius 3 is 2.29 bits per heavy atom. The van der Waals surface area contributed by atoms with Crippen molar-refractivity contribution in [2.24, 2.45) is 0 Å². The maximum absolute atomic E-state index is 13.0. The highest BCUT2D eigenvalue weighted by Crippen LogP contribution is 2.22. The van der Waals surface area contributed by atoms with Crippen LogP contribution in [-0.4, -0.2) is 23.9 Å². The number of aliphatic hydroxyl groups is 1. The highest BCUT2D eigenvalue weighted by molar-refractivity contribution is 5.45. The molecule has 0 fully saturated rings. The second-order valence-corrected chi connectivity index (χ2v) is 3.19. The Balaban J connectivity index is 2.76. The molecule has 17 heavy (non-hydrogen) atoms. The van der Waals surface area contributed by atoms with E-state index in [0.717, 1.165) is 0 Å². The van der Waals surface area contributed by atoms with Crippen LogP contribution in [0.25, 0.3) is 0 Å². The molecule has 0 radical (unpaired) electrons. The predicted octanol–water partition coefficient (Wildman–Crippen LogP) is 2.44. The van der Waals surface area contributed by atoms with Gasteiger partial charge in [0.15, 0.2) is 17.7 Å². The van der Waals surface area contributed by atoms with Crippen molar-refractivity contribution in [2.45, 2.75) is 12.3 Å². The number of anilines is 1. The van der Waals surface area contributed by atoms with Gasteiger partial charge in [-0.25, -0.2) is 13.2 Å². The fraction of sp³-hybridized carbons (Fsp3) is 0.333. The van der Waals surface area contributed by atoms with Gasteiger partial charge in [0.25, 0.3) is 0 Å². The molecule has 2 N–H and O–H groups in total. The Bertz CT molecular complexity index is 405. The normalized spacial score (nSPS) is 13.6. The van der Waals surface area contributed by atoms with Crippen LogP contribution in [0.4, 0.5) is 32.0 Å². The van der Waals surface area contributed by atoms with E-state index >= 15 is 0 Å². The first kappa shape index (κ1) is 13.6. The number of halogens is 6. The minimum atomic E-state index is -4.89. The molecule has 1 aromatic carbocycles. The lowest BCUT2D eigenvalue weighted by molar-refractivity contribution is -0.198. The van der Waals surface area contributed by atoms with Crippen LogP contribution in [0.5, 0.6) is 0 Å². The van der Waals surface area contributed by atoms with Crippen molar-refractivity contribution in [3.05, 3.63) is 29.6 Å². The molecule has 1 rings (SSSR count). The van der Waals surface area contributed by atoms with E-state index in [-0.39, 0.29) is 6.07 Å². The summed E-state index contributed by atoms with van der Waals surface area (Å²) in [4.78, 5) is 0. The third kappa shape index (κ3) is 3.52. The lowest BCUT2D eigenvalue weighted by Crippen LogP contribution is -2.35. The number of nitrogens with one attached hydrogen (secondary N) is 1. The zero-order valence-corrected chi connectivity index (χ0v) is 8.15. The van der Waals surface area contributed by atoms with E-state index in [9.17, 15) is 26.3 Å². The van der Waals surface area contributed by atoms with Crippen molar-refractivity contribution in [2.75, 3.05) is 11.9 Å². The molecule has 8 heteroatoms. The number of alkyl halides is 3. The minimum Gasteiger partial charge on any atom is -0.382 e. The summed E-state index contributed by atoms with van der Waals surface area (Å²) in [5.41, 5.74) is -0.786. The molecule has 0 aliphatic carbocycles. The standard InChI is InChI=1S/C9H7F6NO/c10-4-1-5(11)8(12)6(2-4)16-3-7(17)9(13,14)15/h1-2,7,16-17H,3H2. The van der Waals surface area contributed by atoms with Gasteiger partial charge in [-0.2, -0.15) is 13.2 Å². The fourth-order valence-electron chi connectivity index (χ4n) is 1.01.